The van der Waals surface area contributed by atoms with Crippen LogP contribution >= 0.6 is 21.6 Å². The standard InChI is InChI=1S/C10H11N3OS2/c1-11-10(16-15-2)13-9-5-3-8(4-6-9)12-7-14/h3-7H,1H2,2H3,(H,12,14). The highest BCUT2D eigenvalue weighted by atomic mass is 33.1. The van der Waals surface area contributed by atoms with Gasteiger partial charge in [0.15, 0.2) is 5.17 Å². The summed E-state index contributed by atoms with van der Waals surface area (Å²) in [7, 11) is 3.01. The molecule has 0 aliphatic rings. The number of nitrogens with one attached hydrogen (secondary N) is 1. The Hall–Kier alpha value is -1.27. The summed E-state index contributed by atoms with van der Waals surface area (Å²) in [6, 6.07) is 7.16. The van der Waals surface area contributed by atoms with Gasteiger partial charge in [0.1, 0.15) is 0 Å². The lowest BCUT2D eigenvalue weighted by molar-refractivity contribution is -0.105. The molecule has 0 atom stereocenters. The van der Waals surface area contributed by atoms with Crippen LogP contribution in [0.25, 0.3) is 0 Å². The van der Waals surface area contributed by atoms with Crippen LogP contribution in [0.1, 0.15) is 0 Å². The molecule has 0 spiro atoms. The maximum absolute atomic E-state index is 10.2. The summed E-state index contributed by atoms with van der Waals surface area (Å²) in [5, 5.41) is 3.17. The molecule has 6 heteroatoms. The van der Waals surface area contributed by atoms with Gasteiger partial charge >= 0.3 is 0 Å². The monoisotopic (exact) mass is 253 g/mol. The minimum atomic E-state index is 0.614. The van der Waals surface area contributed by atoms with E-state index in [9.17, 15) is 4.79 Å². The molecule has 0 fully saturated rings. The first kappa shape index (κ1) is 12.8. The lowest BCUT2D eigenvalue weighted by atomic mass is 10.3. The molecule has 0 aliphatic heterocycles. The summed E-state index contributed by atoms with van der Waals surface area (Å²) >= 11 is 0. The predicted molar refractivity (Wildman–Crippen MR) is 73.9 cm³/mol. The Labute approximate surface area is 102 Å². The van der Waals surface area contributed by atoms with E-state index in [2.05, 4.69) is 22.0 Å². The van der Waals surface area contributed by atoms with E-state index in [1.165, 1.54) is 10.8 Å². The van der Waals surface area contributed by atoms with Crippen LogP contribution in [0.3, 0.4) is 0 Å². The van der Waals surface area contributed by atoms with Crippen molar-refractivity contribution in [2.45, 2.75) is 0 Å². The summed E-state index contributed by atoms with van der Waals surface area (Å²) in [4.78, 5) is 18.3. The second-order valence-electron chi connectivity index (χ2n) is 2.61. The van der Waals surface area contributed by atoms with Crippen molar-refractivity contribution in [2.24, 2.45) is 9.98 Å². The van der Waals surface area contributed by atoms with Crippen molar-refractivity contribution in [1.82, 2.24) is 0 Å². The minimum Gasteiger partial charge on any atom is -0.329 e. The Morgan fingerprint density at radius 1 is 1.44 bits per heavy atom. The normalized spacial score (nSPS) is 10.9. The van der Waals surface area contributed by atoms with E-state index in [-0.39, 0.29) is 0 Å². The molecule has 0 saturated carbocycles. The number of rotatable bonds is 4. The molecule has 0 saturated heterocycles. The Morgan fingerprint density at radius 3 is 2.62 bits per heavy atom. The maximum atomic E-state index is 10.2. The van der Waals surface area contributed by atoms with Crippen LogP contribution in [-0.2, 0) is 4.79 Å². The molecule has 84 valence electrons. The number of anilines is 1. The molecule has 1 aromatic rings. The molecule has 0 heterocycles. The van der Waals surface area contributed by atoms with Crippen molar-refractivity contribution in [3.63, 3.8) is 0 Å². The molecule has 0 bridgehead atoms. The van der Waals surface area contributed by atoms with Crippen LogP contribution in [0.4, 0.5) is 11.4 Å². The van der Waals surface area contributed by atoms with Gasteiger partial charge in [-0.05, 0) is 48.0 Å². The summed E-state index contributed by atoms with van der Waals surface area (Å²) < 4.78 is 0. The zero-order chi connectivity index (χ0) is 11.8. The fraction of sp³-hybridized carbons (Fsp3) is 0.100. The van der Waals surface area contributed by atoms with Gasteiger partial charge in [-0.2, -0.15) is 0 Å². The SMILES string of the molecule is C=NC(=Nc1ccc(NC=O)cc1)SSC. The van der Waals surface area contributed by atoms with Gasteiger partial charge in [0.05, 0.1) is 5.69 Å². The average Bonchev–Trinajstić information content (AvgIpc) is 2.31. The molecule has 4 nitrogen and oxygen atoms in total. The Balaban J connectivity index is 2.80. The second-order valence-corrected chi connectivity index (χ2v) is 4.98. The molecule has 1 amide bonds. The van der Waals surface area contributed by atoms with E-state index in [4.69, 9.17) is 0 Å². The number of aliphatic imine (C=N–C) groups is 2. The Kier molecular flexibility index (Phi) is 5.66. The first-order valence-electron chi connectivity index (χ1n) is 4.36. The summed E-state index contributed by atoms with van der Waals surface area (Å²) in [6.45, 7) is 3.45. The van der Waals surface area contributed by atoms with E-state index < -0.39 is 0 Å². The number of nitrogens with zero attached hydrogens (tertiary/aromatic N) is 2. The van der Waals surface area contributed by atoms with Crippen LogP contribution in [0.15, 0.2) is 34.3 Å². The molecule has 0 unspecified atom stereocenters. The quantitative estimate of drug-likeness (QED) is 0.388. The Bertz CT molecular complexity index is 390. The molecule has 0 aliphatic carbocycles. The fourth-order valence-electron chi connectivity index (χ4n) is 0.966. The van der Waals surface area contributed by atoms with Crippen LogP contribution in [0.2, 0.25) is 0 Å². The zero-order valence-corrected chi connectivity index (χ0v) is 10.3. The highest BCUT2D eigenvalue weighted by Gasteiger charge is 1.97. The van der Waals surface area contributed by atoms with E-state index in [0.29, 0.717) is 11.6 Å². The van der Waals surface area contributed by atoms with Crippen LogP contribution in [0.5, 0.6) is 0 Å². The van der Waals surface area contributed by atoms with Gasteiger partial charge < -0.3 is 5.32 Å². The van der Waals surface area contributed by atoms with Gasteiger partial charge in [0.2, 0.25) is 6.41 Å². The highest BCUT2D eigenvalue weighted by molar-refractivity contribution is 8.82. The van der Waals surface area contributed by atoms with Gasteiger partial charge in [-0.15, -0.1) is 0 Å². The third-order valence-corrected chi connectivity index (χ3v) is 3.09. The number of amides is 1. The third kappa shape index (κ3) is 4.08. The van der Waals surface area contributed by atoms with E-state index >= 15 is 0 Å². The smallest absolute Gasteiger partial charge is 0.211 e. The first-order valence-corrected chi connectivity index (χ1v) is 6.92. The van der Waals surface area contributed by atoms with Crippen molar-refractivity contribution in [3.8, 4) is 0 Å². The number of hydrogen-bond acceptors (Lipinski definition) is 4. The van der Waals surface area contributed by atoms with Gasteiger partial charge in [-0.25, -0.2) is 9.98 Å². The van der Waals surface area contributed by atoms with Crippen molar-refractivity contribution in [2.75, 3.05) is 11.6 Å². The Morgan fingerprint density at radius 2 is 2.12 bits per heavy atom. The van der Waals surface area contributed by atoms with E-state index in [1.807, 2.05) is 6.26 Å². The van der Waals surface area contributed by atoms with Gasteiger partial charge in [0.25, 0.3) is 0 Å². The van der Waals surface area contributed by atoms with Crippen LogP contribution in [-0.4, -0.2) is 24.6 Å². The molecular weight excluding hydrogens is 242 g/mol. The van der Waals surface area contributed by atoms with Gasteiger partial charge in [-0.1, -0.05) is 10.8 Å². The largest absolute Gasteiger partial charge is 0.329 e. The van der Waals surface area contributed by atoms with Crippen molar-refractivity contribution < 1.29 is 4.79 Å². The van der Waals surface area contributed by atoms with E-state index in [1.54, 1.807) is 35.1 Å². The number of carbonyl (C=O) groups is 1. The lowest BCUT2D eigenvalue weighted by Gasteiger charge is -2.00. The molecular formula is C10H11N3OS2. The number of hydrogen-bond donors (Lipinski definition) is 1. The van der Waals surface area contributed by atoms with Crippen LogP contribution in [0, 0.1) is 0 Å². The van der Waals surface area contributed by atoms with Gasteiger partial charge in [0, 0.05) is 5.69 Å². The fourth-order valence-corrected chi connectivity index (χ4v) is 2.03. The molecule has 1 N–H and O–H groups in total. The van der Waals surface area contributed by atoms with Crippen LogP contribution < -0.4 is 5.32 Å². The van der Waals surface area contributed by atoms with Gasteiger partial charge in [-0.3, -0.25) is 4.79 Å². The number of carbonyl (C=O) groups excluding carboxylic acids is 1. The van der Waals surface area contributed by atoms with Crippen molar-refractivity contribution in [3.05, 3.63) is 24.3 Å². The first-order chi connectivity index (χ1) is 7.80. The third-order valence-electron chi connectivity index (χ3n) is 1.61. The molecule has 16 heavy (non-hydrogen) atoms. The zero-order valence-electron chi connectivity index (χ0n) is 8.71. The second kappa shape index (κ2) is 7.08. The molecule has 1 rings (SSSR count). The van der Waals surface area contributed by atoms with Crippen molar-refractivity contribution >= 4 is 51.3 Å². The van der Waals surface area contributed by atoms with Crippen molar-refractivity contribution in [1.29, 1.82) is 0 Å². The average molecular weight is 253 g/mol. The molecule has 0 radical (unpaired) electrons. The molecule has 0 aromatic heterocycles. The maximum Gasteiger partial charge on any atom is 0.211 e. The number of amidine groups is 1. The summed E-state index contributed by atoms with van der Waals surface area (Å²) in [5.74, 6) is 0. The summed E-state index contributed by atoms with van der Waals surface area (Å²) in [5.41, 5.74) is 1.51. The molecule has 1 aromatic carbocycles. The topological polar surface area (TPSA) is 53.8 Å². The summed E-state index contributed by atoms with van der Waals surface area (Å²) in [6.07, 6.45) is 2.58. The minimum absolute atomic E-state index is 0.614. The predicted octanol–water partition coefficient (Wildman–Crippen LogP) is 2.95. The van der Waals surface area contributed by atoms with E-state index in [0.717, 1.165) is 11.4 Å². The number of benzene rings is 1. The lowest BCUT2D eigenvalue weighted by Crippen LogP contribution is -1.92. The highest BCUT2D eigenvalue weighted by Crippen LogP contribution is 2.24.